The predicted octanol–water partition coefficient (Wildman–Crippen LogP) is 2.85. The van der Waals surface area contributed by atoms with E-state index in [0.29, 0.717) is 11.1 Å². The molecule has 0 bridgehead atoms. The summed E-state index contributed by atoms with van der Waals surface area (Å²) in [6.07, 6.45) is 0. The summed E-state index contributed by atoms with van der Waals surface area (Å²) in [6, 6.07) is 8.65. The SMILES string of the molecule is O=[N+]([O-])c1cccc2ccc3c(c12)O3. The van der Waals surface area contributed by atoms with E-state index in [-0.39, 0.29) is 10.6 Å². The number of hydrogen-bond donors (Lipinski definition) is 0. The van der Waals surface area contributed by atoms with Crippen molar-refractivity contribution in [3.8, 4) is 11.5 Å². The molecule has 4 heteroatoms. The third kappa shape index (κ3) is 0.821. The van der Waals surface area contributed by atoms with Crippen molar-refractivity contribution in [3.05, 3.63) is 40.4 Å². The highest BCUT2D eigenvalue weighted by Gasteiger charge is 2.28. The Bertz CT molecular complexity index is 563. The standard InChI is InChI=1S/C10H5NO3/c12-11(13)7-3-1-2-6-4-5-8-10(14-8)9(6)7/h1-5H. The first-order valence-electron chi connectivity index (χ1n) is 4.15. The quantitative estimate of drug-likeness (QED) is 0.334. The average Bonchev–Trinajstić information content (AvgIpc) is 2.95. The van der Waals surface area contributed by atoms with Gasteiger partial charge in [0.1, 0.15) is 5.39 Å². The fourth-order valence-electron chi connectivity index (χ4n) is 1.63. The van der Waals surface area contributed by atoms with Crippen LogP contribution in [0.2, 0.25) is 0 Å². The number of ether oxygens (including phenoxy) is 1. The zero-order chi connectivity index (χ0) is 9.71. The molecule has 0 radical (unpaired) electrons. The van der Waals surface area contributed by atoms with Crippen LogP contribution in [0.25, 0.3) is 10.8 Å². The largest absolute Gasteiger partial charge is 0.449 e. The molecule has 14 heavy (non-hydrogen) atoms. The minimum absolute atomic E-state index is 0.108. The van der Waals surface area contributed by atoms with Gasteiger partial charge in [-0.25, -0.2) is 0 Å². The first kappa shape index (κ1) is 7.32. The smallest absolute Gasteiger partial charge is 0.281 e. The van der Waals surface area contributed by atoms with Gasteiger partial charge in [0.2, 0.25) is 0 Å². The number of rotatable bonds is 1. The van der Waals surface area contributed by atoms with Gasteiger partial charge in [0, 0.05) is 6.07 Å². The normalized spacial score (nSPS) is 12.0. The highest BCUT2D eigenvalue weighted by molar-refractivity contribution is 6.01. The Hall–Kier alpha value is -2.10. The maximum absolute atomic E-state index is 10.7. The second-order valence-corrected chi connectivity index (χ2v) is 3.13. The Balaban J connectivity index is 2.47. The van der Waals surface area contributed by atoms with Crippen LogP contribution in [0.4, 0.5) is 5.69 Å². The van der Waals surface area contributed by atoms with Gasteiger partial charge in [-0.1, -0.05) is 18.2 Å². The van der Waals surface area contributed by atoms with E-state index in [4.69, 9.17) is 4.74 Å². The molecular formula is C10H5NO3. The number of benzene rings is 2. The van der Waals surface area contributed by atoms with Crippen molar-refractivity contribution in [2.45, 2.75) is 0 Å². The molecule has 0 aromatic heterocycles. The van der Waals surface area contributed by atoms with E-state index in [1.807, 2.05) is 18.2 Å². The molecule has 68 valence electrons. The van der Waals surface area contributed by atoms with Crippen molar-refractivity contribution in [1.82, 2.24) is 0 Å². The minimum Gasteiger partial charge on any atom is -0.449 e. The number of nitrogens with zero attached hydrogens (tertiary/aromatic N) is 1. The molecule has 1 aliphatic heterocycles. The number of nitro benzene ring substituents is 1. The van der Waals surface area contributed by atoms with Crippen LogP contribution in [0.3, 0.4) is 0 Å². The third-order valence-corrected chi connectivity index (χ3v) is 2.31. The van der Waals surface area contributed by atoms with Crippen molar-refractivity contribution in [2.75, 3.05) is 0 Å². The molecule has 0 saturated carbocycles. The Morgan fingerprint density at radius 2 is 2.07 bits per heavy atom. The highest BCUT2D eigenvalue weighted by atomic mass is 16.6. The molecule has 1 heterocycles. The summed E-state index contributed by atoms with van der Waals surface area (Å²) in [6.45, 7) is 0. The van der Waals surface area contributed by atoms with Gasteiger partial charge < -0.3 is 4.74 Å². The van der Waals surface area contributed by atoms with Crippen LogP contribution in [-0.2, 0) is 0 Å². The fraction of sp³-hybridized carbons (Fsp3) is 0. The van der Waals surface area contributed by atoms with Crippen molar-refractivity contribution in [1.29, 1.82) is 0 Å². The first-order chi connectivity index (χ1) is 6.77. The summed E-state index contributed by atoms with van der Waals surface area (Å²) in [4.78, 5) is 10.4. The van der Waals surface area contributed by atoms with Crippen LogP contribution >= 0.6 is 0 Å². The maximum Gasteiger partial charge on any atom is 0.281 e. The van der Waals surface area contributed by atoms with Crippen molar-refractivity contribution < 1.29 is 9.66 Å². The summed E-state index contributed by atoms with van der Waals surface area (Å²) >= 11 is 0. The summed E-state index contributed by atoms with van der Waals surface area (Å²) in [5, 5.41) is 12.2. The monoisotopic (exact) mass is 187 g/mol. The Labute approximate surface area is 78.9 Å². The Kier molecular flexibility index (Phi) is 1.16. The number of hydrogen-bond acceptors (Lipinski definition) is 3. The second kappa shape index (κ2) is 2.23. The summed E-state index contributed by atoms with van der Waals surface area (Å²) in [7, 11) is 0. The molecule has 0 atom stereocenters. The van der Waals surface area contributed by atoms with Crippen LogP contribution in [0.15, 0.2) is 30.3 Å². The molecular weight excluding hydrogens is 182 g/mol. The van der Waals surface area contributed by atoms with E-state index in [0.717, 1.165) is 11.1 Å². The number of nitro groups is 1. The molecule has 0 saturated heterocycles. The first-order valence-corrected chi connectivity index (χ1v) is 4.15. The summed E-state index contributed by atoms with van der Waals surface area (Å²) < 4.78 is 5.14. The fourth-order valence-corrected chi connectivity index (χ4v) is 1.63. The molecule has 2 aromatic carbocycles. The molecule has 3 rings (SSSR count). The molecule has 2 aromatic rings. The van der Waals surface area contributed by atoms with Crippen LogP contribution in [0.1, 0.15) is 0 Å². The Morgan fingerprint density at radius 3 is 2.86 bits per heavy atom. The zero-order valence-corrected chi connectivity index (χ0v) is 7.06. The molecule has 4 nitrogen and oxygen atoms in total. The molecule has 0 unspecified atom stereocenters. The van der Waals surface area contributed by atoms with Gasteiger partial charge in [-0.15, -0.1) is 0 Å². The van der Waals surface area contributed by atoms with Gasteiger partial charge in [0.15, 0.2) is 11.5 Å². The van der Waals surface area contributed by atoms with E-state index in [9.17, 15) is 10.1 Å². The lowest BCUT2D eigenvalue weighted by Gasteiger charge is -1.94. The van der Waals surface area contributed by atoms with Crippen LogP contribution in [0.5, 0.6) is 11.5 Å². The minimum atomic E-state index is -0.385. The Morgan fingerprint density at radius 1 is 1.21 bits per heavy atom. The van der Waals surface area contributed by atoms with Gasteiger partial charge in [-0.3, -0.25) is 10.1 Å². The van der Waals surface area contributed by atoms with Crippen molar-refractivity contribution in [3.63, 3.8) is 0 Å². The van der Waals surface area contributed by atoms with Gasteiger partial charge in [0.05, 0.1) is 4.92 Å². The van der Waals surface area contributed by atoms with Gasteiger partial charge >= 0.3 is 0 Å². The van der Waals surface area contributed by atoms with Crippen LogP contribution in [-0.4, -0.2) is 4.92 Å². The highest BCUT2D eigenvalue weighted by Crippen LogP contribution is 2.52. The third-order valence-electron chi connectivity index (χ3n) is 2.31. The van der Waals surface area contributed by atoms with E-state index >= 15 is 0 Å². The molecule has 0 fully saturated rings. The van der Waals surface area contributed by atoms with Crippen molar-refractivity contribution in [2.24, 2.45) is 0 Å². The lowest BCUT2D eigenvalue weighted by atomic mass is 10.1. The second-order valence-electron chi connectivity index (χ2n) is 3.13. The predicted molar refractivity (Wildman–Crippen MR) is 50.7 cm³/mol. The van der Waals surface area contributed by atoms with Crippen molar-refractivity contribution >= 4 is 16.5 Å². The lowest BCUT2D eigenvalue weighted by molar-refractivity contribution is -0.383. The number of fused-ring (bicyclic) bond motifs is 3. The lowest BCUT2D eigenvalue weighted by Crippen LogP contribution is -1.87. The average molecular weight is 187 g/mol. The molecule has 0 amide bonds. The maximum atomic E-state index is 10.7. The topological polar surface area (TPSA) is 55.7 Å². The van der Waals surface area contributed by atoms with E-state index < -0.39 is 0 Å². The van der Waals surface area contributed by atoms with Gasteiger partial charge in [-0.05, 0) is 11.5 Å². The molecule has 0 spiro atoms. The van der Waals surface area contributed by atoms with Crippen LogP contribution < -0.4 is 4.74 Å². The van der Waals surface area contributed by atoms with Gasteiger partial charge in [-0.2, -0.15) is 0 Å². The number of non-ortho nitro benzene ring substituents is 1. The van der Waals surface area contributed by atoms with E-state index in [1.54, 1.807) is 6.07 Å². The van der Waals surface area contributed by atoms with Gasteiger partial charge in [0.25, 0.3) is 5.69 Å². The molecule has 1 aliphatic rings. The van der Waals surface area contributed by atoms with Crippen LogP contribution in [0, 0.1) is 10.1 Å². The molecule has 0 aliphatic carbocycles. The van der Waals surface area contributed by atoms with E-state index in [1.165, 1.54) is 6.07 Å². The zero-order valence-electron chi connectivity index (χ0n) is 7.06. The van der Waals surface area contributed by atoms with E-state index in [2.05, 4.69) is 0 Å². The summed E-state index contributed by atoms with van der Waals surface area (Å²) in [5.74, 6) is 1.39. The summed E-state index contributed by atoms with van der Waals surface area (Å²) in [5.41, 5.74) is 0.108. The molecule has 0 N–H and O–H groups in total.